The van der Waals surface area contributed by atoms with Crippen molar-refractivity contribution in [3.63, 3.8) is 0 Å². The second-order valence-electron chi connectivity index (χ2n) is 8.16. The molecule has 6 nitrogen and oxygen atoms in total. The van der Waals surface area contributed by atoms with Crippen molar-refractivity contribution in [2.24, 2.45) is 16.6 Å². The van der Waals surface area contributed by atoms with E-state index in [1.165, 1.54) is 5.56 Å². The van der Waals surface area contributed by atoms with Gasteiger partial charge in [0.25, 0.3) is 0 Å². The summed E-state index contributed by atoms with van der Waals surface area (Å²) in [4.78, 5) is 4.77. The Hall–Kier alpha value is -2.47. The van der Waals surface area contributed by atoms with Gasteiger partial charge in [0, 0.05) is 17.7 Å². The lowest BCUT2D eigenvalue weighted by molar-refractivity contribution is 0.0847. The van der Waals surface area contributed by atoms with Gasteiger partial charge in [0.15, 0.2) is 11.4 Å². The smallest absolute Gasteiger partial charge is 0.202 e. The molecule has 6 heteroatoms. The van der Waals surface area contributed by atoms with Crippen molar-refractivity contribution in [1.82, 2.24) is 0 Å². The molecular weight excluding hydrogens is 328 g/mol. The maximum absolute atomic E-state index is 6.62. The summed E-state index contributed by atoms with van der Waals surface area (Å²) in [5.41, 5.74) is 8.82. The van der Waals surface area contributed by atoms with Crippen molar-refractivity contribution < 1.29 is 9.15 Å². The molecule has 1 fully saturated rings. The van der Waals surface area contributed by atoms with Crippen molar-refractivity contribution in [3.05, 3.63) is 41.9 Å². The van der Waals surface area contributed by atoms with E-state index in [9.17, 15) is 0 Å². The molecule has 2 aromatic rings. The first-order valence-electron chi connectivity index (χ1n) is 9.26. The highest BCUT2D eigenvalue weighted by Crippen LogP contribution is 2.48. The highest BCUT2D eigenvalue weighted by molar-refractivity contribution is 6.05. The van der Waals surface area contributed by atoms with Gasteiger partial charge in [0.2, 0.25) is 5.96 Å². The first-order valence-corrected chi connectivity index (χ1v) is 9.26. The molecule has 1 unspecified atom stereocenters. The number of nitrogens with one attached hydrogen (secondary N) is 2. The lowest BCUT2D eigenvalue weighted by Crippen LogP contribution is -2.44. The van der Waals surface area contributed by atoms with E-state index < -0.39 is 5.66 Å². The predicted molar refractivity (Wildman–Crippen MR) is 101 cm³/mol. The molecular formula is C20H24N4O2. The number of hydrogen-bond donors (Lipinski definition) is 3. The summed E-state index contributed by atoms with van der Waals surface area (Å²) in [7, 11) is 0. The largest absolute Gasteiger partial charge is 0.488 e. The average Bonchev–Trinajstić information content (AvgIpc) is 3.34. The van der Waals surface area contributed by atoms with Crippen LogP contribution in [0.2, 0.25) is 0 Å². The minimum Gasteiger partial charge on any atom is -0.488 e. The van der Waals surface area contributed by atoms with E-state index in [1.807, 2.05) is 18.2 Å². The summed E-state index contributed by atoms with van der Waals surface area (Å²) in [6, 6.07) is 8.08. The number of anilines is 2. The highest BCUT2D eigenvalue weighted by atomic mass is 16.5. The fraction of sp³-hybridized carbons (Fsp3) is 0.450. The Morgan fingerprint density at radius 2 is 2.12 bits per heavy atom. The Morgan fingerprint density at radius 3 is 2.92 bits per heavy atom. The average molecular weight is 352 g/mol. The Kier molecular flexibility index (Phi) is 3.19. The van der Waals surface area contributed by atoms with Crippen molar-refractivity contribution in [2.45, 2.75) is 50.8 Å². The second kappa shape index (κ2) is 5.27. The molecule has 136 valence electrons. The molecule has 0 bridgehead atoms. The van der Waals surface area contributed by atoms with Gasteiger partial charge in [-0.2, -0.15) is 0 Å². The zero-order chi connectivity index (χ0) is 17.9. The van der Waals surface area contributed by atoms with Crippen LogP contribution < -0.4 is 21.1 Å². The van der Waals surface area contributed by atoms with Crippen LogP contribution in [-0.4, -0.2) is 11.6 Å². The van der Waals surface area contributed by atoms with Crippen LogP contribution in [0.25, 0.3) is 0 Å². The number of nitrogens with zero attached hydrogens (tertiary/aromatic N) is 1. The van der Waals surface area contributed by atoms with E-state index in [1.54, 1.807) is 6.26 Å². The molecule has 3 aliphatic rings. The fourth-order valence-corrected chi connectivity index (χ4v) is 3.84. The van der Waals surface area contributed by atoms with Gasteiger partial charge in [0.05, 0.1) is 12.0 Å². The Labute approximate surface area is 152 Å². The first kappa shape index (κ1) is 15.8. The van der Waals surface area contributed by atoms with Crippen LogP contribution in [0.5, 0.6) is 5.75 Å². The Bertz CT molecular complexity index is 897. The van der Waals surface area contributed by atoms with Crippen molar-refractivity contribution >= 4 is 17.3 Å². The third kappa shape index (κ3) is 2.56. The molecule has 1 saturated carbocycles. The monoisotopic (exact) mass is 352 g/mol. The van der Waals surface area contributed by atoms with Gasteiger partial charge in [-0.1, -0.05) is 0 Å². The zero-order valence-corrected chi connectivity index (χ0v) is 15.1. The van der Waals surface area contributed by atoms with E-state index in [0.717, 1.165) is 48.6 Å². The van der Waals surface area contributed by atoms with Gasteiger partial charge in [-0.3, -0.25) is 0 Å². The number of furan rings is 1. The minimum absolute atomic E-state index is 0.0992. The number of fused-ring (bicyclic) bond motifs is 2. The molecule has 0 radical (unpaired) electrons. The number of aryl methyl sites for hydroxylation is 1. The van der Waals surface area contributed by atoms with Crippen molar-refractivity contribution in [1.29, 1.82) is 0 Å². The number of ether oxygens (including phenoxy) is 1. The molecule has 3 heterocycles. The number of benzene rings is 1. The summed E-state index contributed by atoms with van der Waals surface area (Å²) in [6.07, 6.45) is 5.85. The third-order valence-electron chi connectivity index (χ3n) is 5.48. The molecule has 1 aromatic carbocycles. The van der Waals surface area contributed by atoms with Gasteiger partial charge < -0.3 is 25.5 Å². The predicted octanol–water partition coefficient (Wildman–Crippen LogP) is 3.80. The summed E-state index contributed by atoms with van der Waals surface area (Å²) in [5, 5.41) is 6.67. The molecule has 1 aliphatic carbocycles. The maximum Gasteiger partial charge on any atom is 0.202 e. The maximum atomic E-state index is 6.62. The van der Waals surface area contributed by atoms with Gasteiger partial charge in [-0.25, -0.2) is 4.99 Å². The van der Waals surface area contributed by atoms with Gasteiger partial charge in [-0.05, 0) is 63.3 Å². The lowest BCUT2D eigenvalue weighted by atomic mass is 9.94. The Balaban J connectivity index is 1.42. The summed E-state index contributed by atoms with van der Waals surface area (Å²) >= 11 is 0. The standard InChI is InChI=1S/C20H24N4O2/c1-19(2)9-7-12-11-14(5-6-16(12)26-19)22-18-23-15-8-10-25-17(15)20(21,24-18)13-3-4-13/h5-6,8,10-11,13H,3-4,7,9,21H2,1-2H3,(H2,22,23,24). The van der Waals surface area contributed by atoms with E-state index in [-0.39, 0.29) is 5.60 Å². The molecule has 5 rings (SSSR count). The summed E-state index contributed by atoms with van der Waals surface area (Å²) < 4.78 is 11.7. The normalized spacial score (nSPS) is 26.0. The van der Waals surface area contributed by atoms with Gasteiger partial charge in [-0.15, -0.1) is 0 Å². The quantitative estimate of drug-likeness (QED) is 0.765. The van der Waals surface area contributed by atoms with Crippen LogP contribution in [0.4, 0.5) is 11.4 Å². The topological polar surface area (TPSA) is 84.8 Å². The number of guanidine groups is 1. The zero-order valence-electron chi connectivity index (χ0n) is 15.1. The van der Waals surface area contributed by atoms with Crippen LogP contribution >= 0.6 is 0 Å². The van der Waals surface area contributed by atoms with Crippen LogP contribution in [0.15, 0.2) is 39.9 Å². The number of hydrogen-bond acceptors (Lipinski definition) is 6. The molecule has 1 atom stereocenters. The molecule has 0 amide bonds. The highest BCUT2D eigenvalue weighted by Gasteiger charge is 2.49. The molecule has 26 heavy (non-hydrogen) atoms. The SMILES string of the molecule is CC1(C)CCc2cc(NC3=NC(N)(C4CC4)c4occc4N3)ccc2O1. The summed E-state index contributed by atoms with van der Waals surface area (Å²) in [6.45, 7) is 4.26. The first-order chi connectivity index (χ1) is 12.4. The van der Waals surface area contributed by atoms with Crippen molar-refractivity contribution in [2.75, 3.05) is 10.6 Å². The minimum atomic E-state index is -0.784. The van der Waals surface area contributed by atoms with Crippen LogP contribution in [0.3, 0.4) is 0 Å². The number of aliphatic imine (C=N–C) groups is 1. The molecule has 1 aromatic heterocycles. The number of rotatable bonds is 2. The summed E-state index contributed by atoms with van der Waals surface area (Å²) in [5.74, 6) is 2.69. The molecule has 0 spiro atoms. The van der Waals surface area contributed by atoms with E-state index in [2.05, 4.69) is 30.5 Å². The lowest BCUT2D eigenvalue weighted by Gasteiger charge is -2.33. The molecule has 4 N–H and O–H groups in total. The van der Waals surface area contributed by atoms with E-state index in [0.29, 0.717) is 11.9 Å². The van der Waals surface area contributed by atoms with E-state index >= 15 is 0 Å². The number of nitrogens with two attached hydrogens (primary N) is 1. The van der Waals surface area contributed by atoms with Crippen LogP contribution in [0.1, 0.15) is 44.4 Å². The third-order valence-corrected chi connectivity index (χ3v) is 5.48. The van der Waals surface area contributed by atoms with Crippen molar-refractivity contribution in [3.8, 4) is 5.75 Å². The van der Waals surface area contributed by atoms with E-state index in [4.69, 9.17) is 19.9 Å². The van der Waals surface area contributed by atoms with Crippen LogP contribution in [0, 0.1) is 5.92 Å². The van der Waals surface area contributed by atoms with Gasteiger partial charge in [0.1, 0.15) is 11.4 Å². The second-order valence-corrected chi connectivity index (χ2v) is 8.16. The molecule has 0 saturated heterocycles. The van der Waals surface area contributed by atoms with Crippen LogP contribution in [-0.2, 0) is 12.1 Å². The van der Waals surface area contributed by atoms with Gasteiger partial charge >= 0.3 is 0 Å². The fourth-order valence-electron chi connectivity index (χ4n) is 3.84. The molecule has 2 aliphatic heterocycles. The Morgan fingerprint density at radius 1 is 1.27 bits per heavy atom.